The Hall–Kier alpha value is -1.07. The van der Waals surface area contributed by atoms with Crippen LogP contribution in [0.4, 0.5) is 17.6 Å². The molecule has 0 aromatic heterocycles. The van der Waals surface area contributed by atoms with Gasteiger partial charge >= 0.3 is 6.18 Å². The monoisotopic (exact) mass is 183 g/mol. The predicted molar refractivity (Wildman–Crippen MR) is 32.0 cm³/mol. The van der Waals surface area contributed by atoms with E-state index < -0.39 is 30.2 Å². The highest BCUT2D eigenvalue weighted by atomic mass is 19.4. The smallest absolute Gasteiger partial charge is 0.373 e. The Morgan fingerprint density at radius 2 is 2.08 bits per heavy atom. The quantitative estimate of drug-likeness (QED) is 0.613. The number of halogens is 4. The lowest BCUT2D eigenvalue weighted by Gasteiger charge is -2.13. The maximum absolute atomic E-state index is 11.9. The van der Waals surface area contributed by atoms with Crippen molar-refractivity contribution in [1.29, 1.82) is 0 Å². The maximum Gasteiger partial charge on any atom is 0.416 e. The summed E-state index contributed by atoms with van der Waals surface area (Å²) in [4.78, 5) is 10.7. The van der Waals surface area contributed by atoms with Crippen molar-refractivity contribution in [1.82, 2.24) is 5.32 Å². The van der Waals surface area contributed by atoms with E-state index in [0.717, 1.165) is 6.20 Å². The van der Waals surface area contributed by atoms with Crippen LogP contribution in [0.3, 0.4) is 0 Å². The van der Waals surface area contributed by atoms with Crippen LogP contribution in [0.5, 0.6) is 0 Å². The van der Waals surface area contributed by atoms with Gasteiger partial charge in [0.1, 0.15) is 6.67 Å². The lowest BCUT2D eigenvalue weighted by Crippen LogP contribution is -2.42. The Kier molecular flexibility index (Phi) is 2.08. The van der Waals surface area contributed by atoms with Crippen LogP contribution in [0.2, 0.25) is 0 Å². The van der Waals surface area contributed by atoms with Crippen molar-refractivity contribution >= 4 is 5.78 Å². The number of ketones is 1. The molecule has 0 radical (unpaired) electrons. The predicted octanol–water partition coefficient (Wildman–Crippen LogP) is 0.943. The summed E-state index contributed by atoms with van der Waals surface area (Å²) in [6, 6.07) is -2.26. The van der Waals surface area contributed by atoms with E-state index in [2.05, 4.69) is 0 Å². The first-order valence-electron chi connectivity index (χ1n) is 3.09. The number of hydrogen-bond donors (Lipinski definition) is 1. The van der Waals surface area contributed by atoms with Crippen LogP contribution in [0.25, 0.3) is 0 Å². The van der Waals surface area contributed by atoms with Crippen molar-refractivity contribution in [3.8, 4) is 0 Å². The van der Waals surface area contributed by atoms with E-state index in [-0.39, 0.29) is 0 Å². The number of rotatable bonds is 1. The maximum atomic E-state index is 11.9. The number of Topliss-reactive ketones (excluding diaryl/α,β-unsaturated/α-hetero) is 1. The van der Waals surface area contributed by atoms with Gasteiger partial charge < -0.3 is 5.32 Å². The van der Waals surface area contributed by atoms with Crippen molar-refractivity contribution in [2.45, 2.75) is 12.2 Å². The van der Waals surface area contributed by atoms with Gasteiger partial charge in [-0.2, -0.15) is 13.2 Å². The van der Waals surface area contributed by atoms with Crippen LogP contribution in [-0.2, 0) is 4.79 Å². The Bertz CT molecular complexity index is 232. The molecule has 6 heteroatoms. The van der Waals surface area contributed by atoms with Gasteiger partial charge in [0.15, 0.2) is 11.8 Å². The highest BCUT2D eigenvalue weighted by Crippen LogP contribution is 2.25. The largest absolute Gasteiger partial charge is 0.416 e. The second-order valence-corrected chi connectivity index (χ2v) is 2.31. The molecule has 0 saturated carbocycles. The fraction of sp³-hybridized carbons (Fsp3) is 0.500. The molecule has 0 aliphatic carbocycles. The van der Waals surface area contributed by atoms with Gasteiger partial charge in [0, 0.05) is 11.8 Å². The van der Waals surface area contributed by atoms with Gasteiger partial charge in [-0.05, 0) is 0 Å². The summed E-state index contributed by atoms with van der Waals surface area (Å²) in [5, 5.41) is 1.77. The van der Waals surface area contributed by atoms with Gasteiger partial charge in [0.25, 0.3) is 0 Å². The van der Waals surface area contributed by atoms with E-state index in [0.29, 0.717) is 0 Å². The molecule has 1 unspecified atom stereocenters. The van der Waals surface area contributed by atoms with Crippen LogP contribution in [0.15, 0.2) is 11.8 Å². The second kappa shape index (κ2) is 2.76. The topological polar surface area (TPSA) is 29.1 Å². The van der Waals surface area contributed by atoms with E-state index >= 15 is 0 Å². The highest BCUT2D eigenvalue weighted by Gasteiger charge is 2.47. The van der Waals surface area contributed by atoms with E-state index in [1.807, 2.05) is 0 Å². The molecule has 0 fully saturated rings. The third kappa shape index (κ3) is 1.41. The number of alkyl halides is 4. The lowest BCUT2D eigenvalue weighted by molar-refractivity contribution is -0.161. The third-order valence-electron chi connectivity index (χ3n) is 1.47. The summed E-state index contributed by atoms with van der Waals surface area (Å²) >= 11 is 0. The molecule has 0 aromatic rings. The van der Waals surface area contributed by atoms with Gasteiger partial charge in [-0.1, -0.05) is 0 Å². The van der Waals surface area contributed by atoms with Crippen molar-refractivity contribution in [3.05, 3.63) is 11.8 Å². The molecule has 68 valence electrons. The van der Waals surface area contributed by atoms with E-state index in [1.54, 1.807) is 5.32 Å². The number of carbonyl (C=O) groups is 1. The van der Waals surface area contributed by atoms with Crippen molar-refractivity contribution < 1.29 is 22.4 Å². The van der Waals surface area contributed by atoms with Crippen molar-refractivity contribution in [2.75, 3.05) is 6.67 Å². The summed E-state index contributed by atoms with van der Waals surface area (Å²) in [6.45, 7) is -1.17. The summed E-state index contributed by atoms with van der Waals surface area (Å²) in [5.74, 6) is -1.23. The molecule has 1 rings (SSSR count). The fourth-order valence-electron chi connectivity index (χ4n) is 0.864. The molecule has 1 aliphatic heterocycles. The van der Waals surface area contributed by atoms with Crippen molar-refractivity contribution in [2.24, 2.45) is 0 Å². The minimum atomic E-state index is -4.65. The Morgan fingerprint density at radius 1 is 1.50 bits per heavy atom. The lowest BCUT2D eigenvalue weighted by atomic mass is 10.1. The molecule has 1 N–H and O–H groups in total. The zero-order valence-electron chi connectivity index (χ0n) is 5.78. The van der Waals surface area contributed by atoms with Gasteiger partial charge in [-0.3, -0.25) is 4.79 Å². The molecule has 2 nitrogen and oxygen atoms in total. The van der Waals surface area contributed by atoms with Crippen LogP contribution in [0.1, 0.15) is 0 Å². The van der Waals surface area contributed by atoms with Crippen LogP contribution >= 0.6 is 0 Å². The molecule has 0 saturated heterocycles. The van der Waals surface area contributed by atoms with Gasteiger partial charge in [0.2, 0.25) is 0 Å². The SMILES string of the molecule is O=C1C(CF)=CNC1C(F)(F)F. The van der Waals surface area contributed by atoms with E-state index in [1.165, 1.54) is 0 Å². The molecule has 1 atom stereocenters. The average Bonchev–Trinajstić information content (AvgIpc) is 2.29. The minimum Gasteiger partial charge on any atom is -0.373 e. The third-order valence-corrected chi connectivity index (χ3v) is 1.47. The molecule has 0 amide bonds. The molecule has 12 heavy (non-hydrogen) atoms. The van der Waals surface area contributed by atoms with E-state index in [4.69, 9.17) is 0 Å². The first-order chi connectivity index (χ1) is 5.46. The summed E-state index contributed by atoms with van der Waals surface area (Å²) in [7, 11) is 0. The first kappa shape index (κ1) is 9.02. The highest BCUT2D eigenvalue weighted by molar-refractivity contribution is 6.02. The van der Waals surface area contributed by atoms with Crippen LogP contribution in [-0.4, -0.2) is 24.7 Å². The Morgan fingerprint density at radius 3 is 2.33 bits per heavy atom. The molecular formula is C6H5F4NO. The summed E-state index contributed by atoms with van der Waals surface area (Å²) in [5.41, 5.74) is -0.461. The number of carbonyl (C=O) groups excluding carboxylic acids is 1. The average molecular weight is 183 g/mol. The molecule has 0 spiro atoms. The second-order valence-electron chi connectivity index (χ2n) is 2.31. The zero-order chi connectivity index (χ0) is 9.35. The van der Waals surface area contributed by atoms with Gasteiger partial charge in [0.05, 0.1) is 0 Å². The fourth-order valence-corrected chi connectivity index (χ4v) is 0.864. The summed E-state index contributed by atoms with van der Waals surface area (Å²) < 4.78 is 47.5. The standard InChI is InChI=1S/C6H5F4NO/c7-1-3-2-11-5(4(3)12)6(8,9)10/h2,5,11H,1H2. The molecule has 0 bridgehead atoms. The normalized spacial score (nSPS) is 23.8. The first-order valence-corrected chi connectivity index (χ1v) is 3.09. The Labute approximate surface area is 65.2 Å². The van der Waals surface area contributed by atoms with Gasteiger partial charge in [-0.25, -0.2) is 4.39 Å². The molecule has 1 aliphatic rings. The molecule has 1 heterocycles. The molecular weight excluding hydrogens is 178 g/mol. The number of nitrogens with one attached hydrogen (secondary N) is 1. The summed E-state index contributed by atoms with van der Waals surface area (Å²) in [6.07, 6.45) is -3.88. The van der Waals surface area contributed by atoms with E-state index in [9.17, 15) is 22.4 Å². The van der Waals surface area contributed by atoms with Gasteiger partial charge in [-0.15, -0.1) is 0 Å². The van der Waals surface area contributed by atoms with Crippen LogP contribution in [0, 0.1) is 0 Å². The molecule has 0 aromatic carbocycles. The Balaban J connectivity index is 2.74. The number of hydrogen-bond acceptors (Lipinski definition) is 2. The van der Waals surface area contributed by atoms with Crippen molar-refractivity contribution in [3.63, 3.8) is 0 Å². The minimum absolute atomic E-state index is 0.461. The van der Waals surface area contributed by atoms with Crippen LogP contribution < -0.4 is 5.32 Å². The zero-order valence-corrected chi connectivity index (χ0v) is 5.78.